The van der Waals surface area contributed by atoms with Gasteiger partial charge in [-0.15, -0.1) is 0 Å². The number of morpholine rings is 1. The highest BCUT2D eigenvalue weighted by Crippen LogP contribution is 2.28. The maximum absolute atomic E-state index is 12.8. The van der Waals surface area contributed by atoms with Crippen molar-refractivity contribution in [1.29, 1.82) is 0 Å². The molecule has 1 N–H and O–H groups in total. The number of hydrogen-bond donors (Lipinski definition) is 1. The molecule has 1 aliphatic rings. The highest BCUT2D eigenvalue weighted by Gasteiger charge is 2.27. The number of anilines is 1. The Balaban J connectivity index is 1.88. The van der Waals surface area contributed by atoms with Gasteiger partial charge in [-0.25, -0.2) is 8.42 Å². The number of amides is 1. The third-order valence-electron chi connectivity index (χ3n) is 3.91. The Bertz CT molecular complexity index is 928. The van der Waals surface area contributed by atoms with Crippen molar-refractivity contribution in [3.8, 4) is 0 Å². The normalized spacial score (nSPS) is 15.6. The fourth-order valence-corrected chi connectivity index (χ4v) is 4.35. The van der Waals surface area contributed by atoms with Gasteiger partial charge < -0.3 is 10.1 Å². The van der Waals surface area contributed by atoms with E-state index < -0.39 is 15.9 Å². The first-order valence-electron chi connectivity index (χ1n) is 7.83. The Morgan fingerprint density at radius 2 is 1.73 bits per heavy atom. The van der Waals surface area contributed by atoms with Crippen molar-refractivity contribution < 1.29 is 17.9 Å². The molecule has 0 spiro atoms. The number of nitrogens with one attached hydrogen (secondary N) is 1. The summed E-state index contributed by atoms with van der Waals surface area (Å²) in [5.74, 6) is -0.474. The van der Waals surface area contributed by atoms with Gasteiger partial charge in [0.25, 0.3) is 5.91 Å². The molecule has 9 heteroatoms. The molecule has 0 aliphatic carbocycles. The zero-order valence-corrected chi connectivity index (χ0v) is 15.9. The van der Waals surface area contributed by atoms with E-state index in [0.29, 0.717) is 18.2 Å². The molecular weight excluding hydrogens is 399 g/mol. The van der Waals surface area contributed by atoms with E-state index in [-0.39, 0.29) is 34.3 Å². The summed E-state index contributed by atoms with van der Waals surface area (Å²) in [4.78, 5) is 12.5. The highest BCUT2D eigenvalue weighted by atomic mass is 35.5. The summed E-state index contributed by atoms with van der Waals surface area (Å²) in [5.41, 5.74) is 0.470. The van der Waals surface area contributed by atoms with Gasteiger partial charge in [-0.1, -0.05) is 35.3 Å². The average molecular weight is 415 g/mol. The van der Waals surface area contributed by atoms with Crippen molar-refractivity contribution >= 4 is 44.8 Å². The second-order valence-electron chi connectivity index (χ2n) is 5.59. The molecule has 0 aromatic heterocycles. The molecule has 1 saturated heterocycles. The number of halogens is 2. The summed E-state index contributed by atoms with van der Waals surface area (Å²) in [7, 11) is -3.69. The first-order valence-corrected chi connectivity index (χ1v) is 10.0. The molecular formula is C17H16Cl2N2O4S. The van der Waals surface area contributed by atoms with Gasteiger partial charge in [-0.05, 0) is 30.3 Å². The van der Waals surface area contributed by atoms with Crippen molar-refractivity contribution in [1.82, 2.24) is 4.31 Å². The maximum atomic E-state index is 12.8. The lowest BCUT2D eigenvalue weighted by Gasteiger charge is -2.26. The molecule has 26 heavy (non-hydrogen) atoms. The van der Waals surface area contributed by atoms with Gasteiger partial charge in [-0.3, -0.25) is 4.79 Å². The second kappa shape index (κ2) is 7.94. The number of hydrogen-bond acceptors (Lipinski definition) is 4. The summed E-state index contributed by atoms with van der Waals surface area (Å²) in [6, 6.07) is 10.8. The Labute approximate surface area is 161 Å². The topological polar surface area (TPSA) is 75.7 Å². The number of carbonyl (C=O) groups is 1. The molecule has 0 unspecified atom stereocenters. The van der Waals surface area contributed by atoms with Gasteiger partial charge in [0.1, 0.15) is 0 Å². The van der Waals surface area contributed by atoms with Crippen molar-refractivity contribution in [2.24, 2.45) is 0 Å². The quantitative estimate of drug-likeness (QED) is 0.832. The number of rotatable bonds is 4. The molecule has 1 amide bonds. The Morgan fingerprint density at radius 1 is 1.04 bits per heavy atom. The van der Waals surface area contributed by atoms with E-state index in [1.165, 1.54) is 22.5 Å². The predicted octanol–water partition coefficient (Wildman–Crippen LogP) is 3.27. The summed E-state index contributed by atoms with van der Waals surface area (Å²) in [6.45, 7) is 1.27. The zero-order chi connectivity index (χ0) is 18.7. The summed E-state index contributed by atoms with van der Waals surface area (Å²) >= 11 is 12.1. The van der Waals surface area contributed by atoms with Gasteiger partial charge in [-0.2, -0.15) is 4.31 Å². The van der Waals surface area contributed by atoms with Crippen LogP contribution in [0.1, 0.15) is 10.4 Å². The standard InChI is InChI=1S/C17H16Cl2N2O4S/c18-14-4-2-1-3-13(14)17(22)20-16-11-12(5-6-15(16)19)26(23,24)21-7-9-25-10-8-21/h1-6,11H,7-10H2,(H,20,22). The first-order chi connectivity index (χ1) is 12.4. The largest absolute Gasteiger partial charge is 0.379 e. The molecule has 138 valence electrons. The summed E-state index contributed by atoms with van der Waals surface area (Å²) in [6.07, 6.45) is 0. The average Bonchev–Trinajstić information content (AvgIpc) is 2.64. The number of benzene rings is 2. The van der Waals surface area contributed by atoms with E-state index >= 15 is 0 Å². The van der Waals surface area contributed by atoms with Crippen LogP contribution in [0, 0.1) is 0 Å². The zero-order valence-electron chi connectivity index (χ0n) is 13.6. The van der Waals surface area contributed by atoms with E-state index in [4.69, 9.17) is 27.9 Å². The molecule has 0 saturated carbocycles. The lowest BCUT2D eigenvalue weighted by Crippen LogP contribution is -2.40. The highest BCUT2D eigenvalue weighted by molar-refractivity contribution is 7.89. The van der Waals surface area contributed by atoms with Crippen molar-refractivity contribution in [2.45, 2.75) is 4.90 Å². The van der Waals surface area contributed by atoms with Crippen LogP contribution in [0.15, 0.2) is 47.4 Å². The number of ether oxygens (including phenoxy) is 1. The molecule has 1 aliphatic heterocycles. The van der Waals surface area contributed by atoms with E-state index in [1.807, 2.05) is 0 Å². The predicted molar refractivity (Wildman–Crippen MR) is 100 cm³/mol. The van der Waals surface area contributed by atoms with Crippen LogP contribution >= 0.6 is 23.2 Å². The van der Waals surface area contributed by atoms with Crippen molar-refractivity contribution in [3.05, 3.63) is 58.1 Å². The third-order valence-corrected chi connectivity index (χ3v) is 6.47. The Morgan fingerprint density at radius 3 is 2.42 bits per heavy atom. The van der Waals surface area contributed by atoms with Crippen LogP contribution in [-0.2, 0) is 14.8 Å². The lowest BCUT2D eigenvalue weighted by atomic mass is 10.2. The fraction of sp³-hybridized carbons (Fsp3) is 0.235. The molecule has 0 radical (unpaired) electrons. The molecule has 1 heterocycles. The van der Waals surface area contributed by atoms with Gasteiger partial charge in [0.2, 0.25) is 10.0 Å². The minimum Gasteiger partial charge on any atom is -0.379 e. The molecule has 3 rings (SSSR count). The minimum absolute atomic E-state index is 0.0539. The first kappa shape index (κ1) is 19.1. The number of sulfonamides is 1. The molecule has 2 aromatic rings. The summed E-state index contributed by atoms with van der Waals surface area (Å²) in [5, 5.41) is 3.14. The van der Waals surface area contributed by atoms with Crippen LogP contribution in [0.4, 0.5) is 5.69 Å². The van der Waals surface area contributed by atoms with E-state index in [0.717, 1.165) is 0 Å². The van der Waals surface area contributed by atoms with Gasteiger partial charge in [0, 0.05) is 13.1 Å². The van der Waals surface area contributed by atoms with E-state index in [1.54, 1.807) is 24.3 Å². The van der Waals surface area contributed by atoms with E-state index in [9.17, 15) is 13.2 Å². The van der Waals surface area contributed by atoms with Crippen LogP contribution in [0.5, 0.6) is 0 Å². The van der Waals surface area contributed by atoms with Crippen LogP contribution < -0.4 is 5.32 Å². The minimum atomic E-state index is -3.69. The fourth-order valence-electron chi connectivity index (χ4n) is 2.53. The Kier molecular flexibility index (Phi) is 5.84. The van der Waals surface area contributed by atoms with Crippen LogP contribution in [0.3, 0.4) is 0 Å². The SMILES string of the molecule is O=C(Nc1cc(S(=O)(=O)N2CCOCC2)ccc1Cl)c1ccccc1Cl. The van der Waals surface area contributed by atoms with Gasteiger partial charge in [0.15, 0.2) is 0 Å². The summed E-state index contributed by atoms with van der Waals surface area (Å²) < 4.78 is 32.0. The Hall–Kier alpha value is -1.64. The monoisotopic (exact) mass is 414 g/mol. The van der Waals surface area contributed by atoms with Crippen LogP contribution in [-0.4, -0.2) is 44.9 Å². The number of nitrogens with zero attached hydrogens (tertiary/aromatic N) is 1. The number of carbonyl (C=O) groups excluding carboxylic acids is 1. The van der Waals surface area contributed by atoms with Crippen LogP contribution in [0.25, 0.3) is 0 Å². The maximum Gasteiger partial charge on any atom is 0.257 e. The van der Waals surface area contributed by atoms with Gasteiger partial charge >= 0.3 is 0 Å². The smallest absolute Gasteiger partial charge is 0.257 e. The second-order valence-corrected chi connectivity index (χ2v) is 8.34. The molecule has 6 nitrogen and oxygen atoms in total. The van der Waals surface area contributed by atoms with Crippen molar-refractivity contribution in [2.75, 3.05) is 31.6 Å². The van der Waals surface area contributed by atoms with E-state index in [2.05, 4.69) is 5.32 Å². The van der Waals surface area contributed by atoms with Crippen molar-refractivity contribution in [3.63, 3.8) is 0 Å². The third kappa shape index (κ3) is 4.02. The van der Waals surface area contributed by atoms with Gasteiger partial charge in [0.05, 0.1) is 39.4 Å². The van der Waals surface area contributed by atoms with Crippen LogP contribution in [0.2, 0.25) is 10.0 Å². The molecule has 2 aromatic carbocycles. The molecule has 1 fully saturated rings. The molecule has 0 atom stereocenters. The molecule has 0 bridgehead atoms. The lowest BCUT2D eigenvalue weighted by molar-refractivity contribution is 0.0730.